The summed E-state index contributed by atoms with van der Waals surface area (Å²) < 4.78 is 0. The van der Waals surface area contributed by atoms with Gasteiger partial charge in [0.1, 0.15) is 0 Å². The molecule has 1 unspecified atom stereocenters. The van der Waals surface area contributed by atoms with Crippen LogP contribution < -0.4 is 5.32 Å². The molecule has 0 bridgehead atoms. The second-order valence-electron chi connectivity index (χ2n) is 7.10. The van der Waals surface area contributed by atoms with Crippen molar-refractivity contribution in [2.45, 2.75) is 33.6 Å². The number of hydrogen-bond acceptors (Lipinski definition) is 2. The van der Waals surface area contributed by atoms with E-state index in [9.17, 15) is 0 Å². The highest BCUT2D eigenvalue weighted by Crippen LogP contribution is 2.26. The molecule has 1 saturated heterocycles. The van der Waals surface area contributed by atoms with Crippen molar-refractivity contribution in [2.24, 2.45) is 11.3 Å². The zero-order chi connectivity index (χ0) is 14.4. The topological polar surface area (TPSA) is 15.3 Å². The van der Waals surface area contributed by atoms with Gasteiger partial charge >= 0.3 is 0 Å². The molecule has 1 N–H and O–H groups in total. The summed E-state index contributed by atoms with van der Waals surface area (Å²) in [5.74, 6) is 0.740. The zero-order valence-electron chi connectivity index (χ0n) is 13.4. The summed E-state index contributed by atoms with van der Waals surface area (Å²) in [5, 5.41) is 3.52. The second-order valence-corrected chi connectivity index (χ2v) is 7.10. The lowest BCUT2D eigenvalue weighted by Crippen LogP contribution is -2.40. The van der Waals surface area contributed by atoms with Gasteiger partial charge < -0.3 is 10.2 Å². The molecule has 112 valence electrons. The number of hydrogen-bond donors (Lipinski definition) is 1. The number of benzene rings is 1. The molecular formula is C18H30N2. The molecule has 1 heterocycles. The Balaban J connectivity index is 1.89. The molecule has 0 radical (unpaired) electrons. The summed E-state index contributed by atoms with van der Waals surface area (Å²) in [6, 6.07) is 10.9. The van der Waals surface area contributed by atoms with Gasteiger partial charge in [0.05, 0.1) is 0 Å². The highest BCUT2D eigenvalue weighted by molar-refractivity contribution is 5.14. The quantitative estimate of drug-likeness (QED) is 0.821. The van der Waals surface area contributed by atoms with E-state index in [-0.39, 0.29) is 0 Å². The lowest BCUT2D eigenvalue weighted by Gasteiger charge is -2.33. The Morgan fingerprint density at radius 3 is 2.60 bits per heavy atom. The fourth-order valence-corrected chi connectivity index (χ4v) is 3.23. The molecule has 1 aliphatic rings. The van der Waals surface area contributed by atoms with Gasteiger partial charge in [0.2, 0.25) is 0 Å². The molecule has 0 spiro atoms. The average Bonchev–Trinajstić information content (AvgIpc) is 2.83. The van der Waals surface area contributed by atoms with Gasteiger partial charge in [0, 0.05) is 26.2 Å². The third kappa shape index (κ3) is 4.92. The van der Waals surface area contributed by atoms with Crippen molar-refractivity contribution < 1.29 is 0 Å². The Morgan fingerprint density at radius 2 is 2.00 bits per heavy atom. The van der Waals surface area contributed by atoms with Gasteiger partial charge in [-0.2, -0.15) is 0 Å². The van der Waals surface area contributed by atoms with E-state index < -0.39 is 0 Å². The largest absolute Gasteiger partial charge is 0.316 e. The molecule has 1 fully saturated rings. The Bertz CT molecular complexity index is 380. The van der Waals surface area contributed by atoms with Crippen molar-refractivity contribution in [1.29, 1.82) is 0 Å². The molecule has 0 aromatic heterocycles. The lowest BCUT2D eigenvalue weighted by molar-refractivity contribution is 0.163. The summed E-state index contributed by atoms with van der Waals surface area (Å²) in [6.45, 7) is 13.1. The van der Waals surface area contributed by atoms with E-state index in [1.807, 2.05) is 0 Å². The van der Waals surface area contributed by atoms with Gasteiger partial charge in [-0.05, 0) is 36.3 Å². The van der Waals surface area contributed by atoms with Crippen molar-refractivity contribution >= 4 is 0 Å². The van der Waals surface area contributed by atoms with Gasteiger partial charge in [-0.25, -0.2) is 0 Å². The highest BCUT2D eigenvalue weighted by atomic mass is 15.1. The molecule has 1 aliphatic heterocycles. The third-order valence-corrected chi connectivity index (χ3v) is 4.25. The Hall–Kier alpha value is -0.860. The van der Waals surface area contributed by atoms with Crippen LogP contribution in [0, 0.1) is 11.3 Å². The van der Waals surface area contributed by atoms with Gasteiger partial charge in [-0.15, -0.1) is 0 Å². The van der Waals surface area contributed by atoms with Crippen LogP contribution in [0.4, 0.5) is 0 Å². The Morgan fingerprint density at radius 1 is 1.25 bits per heavy atom. The lowest BCUT2D eigenvalue weighted by atomic mass is 9.89. The SMILES string of the molecule is CC(C)CN(CCc1ccccc1)CC1(C)CCNC1. The summed E-state index contributed by atoms with van der Waals surface area (Å²) >= 11 is 0. The van der Waals surface area contributed by atoms with E-state index in [0.29, 0.717) is 5.41 Å². The normalized spacial score (nSPS) is 22.9. The monoisotopic (exact) mass is 274 g/mol. The van der Waals surface area contributed by atoms with Gasteiger partial charge in [-0.1, -0.05) is 51.1 Å². The first-order valence-electron chi connectivity index (χ1n) is 8.04. The molecule has 2 rings (SSSR count). The van der Waals surface area contributed by atoms with E-state index in [4.69, 9.17) is 0 Å². The molecule has 0 amide bonds. The molecule has 20 heavy (non-hydrogen) atoms. The minimum Gasteiger partial charge on any atom is -0.316 e. The van der Waals surface area contributed by atoms with Crippen LogP contribution in [0.5, 0.6) is 0 Å². The molecule has 2 nitrogen and oxygen atoms in total. The number of rotatable bonds is 7. The van der Waals surface area contributed by atoms with Crippen molar-refractivity contribution in [3.05, 3.63) is 35.9 Å². The van der Waals surface area contributed by atoms with Crippen LogP contribution in [0.2, 0.25) is 0 Å². The third-order valence-electron chi connectivity index (χ3n) is 4.25. The fraction of sp³-hybridized carbons (Fsp3) is 0.667. The Labute approximate surface area is 124 Å². The molecule has 0 aliphatic carbocycles. The molecule has 1 aromatic rings. The minimum atomic E-state index is 0.464. The van der Waals surface area contributed by atoms with Crippen LogP contribution in [-0.2, 0) is 6.42 Å². The van der Waals surface area contributed by atoms with Crippen molar-refractivity contribution in [3.63, 3.8) is 0 Å². The second kappa shape index (κ2) is 7.24. The van der Waals surface area contributed by atoms with E-state index in [0.717, 1.165) is 12.3 Å². The van der Waals surface area contributed by atoms with Crippen LogP contribution in [0.25, 0.3) is 0 Å². The predicted molar refractivity (Wildman–Crippen MR) is 87.0 cm³/mol. The van der Waals surface area contributed by atoms with E-state index >= 15 is 0 Å². The zero-order valence-corrected chi connectivity index (χ0v) is 13.4. The first-order chi connectivity index (χ1) is 9.57. The first kappa shape index (κ1) is 15.5. The Kier molecular flexibility index (Phi) is 5.62. The van der Waals surface area contributed by atoms with Crippen LogP contribution >= 0.6 is 0 Å². The average molecular weight is 274 g/mol. The number of nitrogens with one attached hydrogen (secondary N) is 1. The smallest absolute Gasteiger partial charge is 0.00482 e. The van der Waals surface area contributed by atoms with E-state index in [1.54, 1.807) is 0 Å². The highest BCUT2D eigenvalue weighted by Gasteiger charge is 2.30. The van der Waals surface area contributed by atoms with E-state index in [2.05, 4.69) is 61.3 Å². The summed E-state index contributed by atoms with van der Waals surface area (Å²) in [5.41, 5.74) is 1.92. The summed E-state index contributed by atoms with van der Waals surface area (Å²) in [7, 11) is 0. The maximum atomic E-state index is 3.52. The molecular weight excluding hydrogens is 244 g/mol. The van der Waals surface area contributed by atoms with Gasteiger partial charge in [0.15, 0.2) is 0 Å². The van der Waals surface area contributed by atoms with Crippen LogP contribution in [0.3, 0.4) is 0 Å². The summed E-state index contributed by atoms with van der Waals surface area (Å²) in [4.78, 5) is 2.67. The first-order valence-corrected chi connectivity index (χ1v) is 8.04. The molecule has 2 heteroatoms. The van der Waals surface area contributed by atoms with Crippen molar-refractivity contribution in [1.82, 2.24) is 10.2 Å². The predicted octanol–water partition coefficient (Wildman–Crippen LogP) is 3.19. The van der Waals surface area contributed by atoms with Crippen LogP contribution in [0.1, 0.15) is 32.8 Å². The molecule has 1 aromatic carbocycles. The molecule has 0 saturated carbocycles. The van der Waals surface area contributed by atoms with Crippen molar-refractivity contribution in [3.8, 4) is 0 Å². The maximum absolute atomic E-state index is 3.52. The van der Waals surface area contributed by atoms with Crippen LogP contribution in [-0.4, -0.2) is 37.6 Å². The molecule has 1 atom stereocenters. The number of nitrogens with zero attached hydrogens (tertiary/aromatic N) is 1. The van der Waals surface area contributed by atoms with E-state index in [1.165, 1.54) is 44.7 Å². The fourth-order valence-electron chi connectivity index (χ4n) is 3.23. The standard InChI is InChI=1S/C18H30N2/c1-16(2)13-20(15-18(3)10-11-19-14-18)12-9-17-7-5-4-6-8-17/h4-8,16,19H,9-15H2,1-3H3. The summed E-state index contributed by atoms with van der Waals surface area (Å²) in [6.07, 6.45) is 2.48. The van der Waals surface area contributed by atoms with Crippen molar-refractivity contribution in [2.75, 3.05) is 32.7 Å². The van der Waals surface area contributed by atoms with Gasteiger partial charge in [0.25, 0.3) is 0 Å². The minimum absolute atomic E-state index is 0.464. The van der Waals surface area contributed by atoms with Crippen LogP contribution in [0.15, 0.2) is 30.3 Å². The van der Waals surface area contributed by atoms with Gasteiger partial charge in [-0.3, -0.25) is 0 Å². The maximum Gasteiger partial charge on any atom is 0.00482 e.